The summed E-state index contributed by atoms with van der Waals surface area (Å²) in [7, 11) is 0. The zero-order valence-corrected chi connectivity index (χ0v) is 26.5. The first-order chi connectivity index (χ1) is 23.8. The second-order valence-corrected chi connectivity index (χ2v) is 12.5. The van der Waals surface area contributed by atoms with E-state index < -0.39 is 5.41 Å². The van der Waals surface area contributed by atoms with E-state index >= 15 is 0 Å². The molecule has 1 nitrogen and oxygen atoms in total. The summed E-state index contributed by atoms with van der Waals surface area (Å²) in [6.07, 6.45) is 0. The highest BCUT2D eigenvalue weighted by molar-refractivity contribution is 6.08. The highest BCUT2D eigenvalue weighted by Gasteiger charge is 2.45. The smallest absolute Gasteiger partial charge is 0.0713 e. The molecule has 1 aliphatic rings. The first kappa shape index (κ1) is 28.1. The Balaban J connectivity index is 1.20. The van der Waals surface area contributed by atoms with Gasteiger partial charge in [-0.2, -0.15) is 0 Å². The van der Waals surface area contributed by atoms with Gasteiger partial charge in [-0.3, -0.25) is 0 Å². The van der Waals surface area contributed by atoms with E-state index in [4.69, 9.17) is 0 Å². The molecule has 1 N–H and O–H groups in total. The third-order valence-corrected chi connectivity index (χ3v) is 9.94. The van der Waals surface area contributed by atoms with Crippen molar-refractivity contribution >= 4 is 22.1 Å². The number of benzene rings is 8. The van der Waals surface area contributed by atoms with Crippen LogP contribution in [-0.2, 0) is 5.41 Å². The largest absolute Gasteiger partial charge is 0.355 e. The molecule has 0 unspecified atom stereocenters. The lowest BCUT2D eigenvalue weighted by atomic mass is 9.68. The minimum absolute atomic E-state index is 0.401. The Morgan fingerprint density at radius 2 is 0.896 bits per heavy atom. The van der Waals surface area contributed by atoms with Gasteiger partial charge in [0.05, 0.1) is 5.41 Å². The van der Waals surface area contributed by atoms with Crippen LogP contribution in [0, 0.1) is 0 Å². The summed E-state index contributed by atoms with van der Waals surface area (Å²) < 4.78 is 0. The van der Waals surface area contributed by atoms with Gasteiger partial charge in [-0.25, -0.2) is 0 Å². The predicted octanol–water partition coefficient (Wildman–Crippen LogP) is 12.3. The van der Waals surface area contributed by atoms with Crippen LogP contribution in [0.25, 0.3) is 44.2 Å². The summed E-state index contributed by atoms with van der Waals surface area (Å²) >= 11 is 0. The fourth-order valence-electron chi connectivity index (χ4n) is 7.93. The average molecular weight is 612 g/mol. The summed E-state index contributed by atoms with van der Waals surface area (Å²) in [6.45, 7) is 0. The average Bonchev–Trinajstić information content (AvgIpc) is 3.46. The van der Waals surface area contributed by atoms with E-state index in [1.807, 2.05) is 0 Å². The molecule has 0 bridgehead atoms. The van der Waals surface area contributed by atoms with Crippen molar-refractivity contribution < 1.29 is 0 Å². The standard InChI is InChI=1S/C47H33N/c1-4-16-33(17-5-1)38-26-14-18-34-19-15-27-41(46(34)38)40-25-11-13-29-45(40)48-37-30-31-44-42(32-37)39-24-10-12-28-43(39)47(44,35-20-6-2-7-21-35)36-22-8-3-9-23-36/h1-32,48H. The van der Waals surface area contributed by atoms with Crippen LogP contribution in [0.3, 0.4) is 0 Å². The number of rotatable bonds is 6. The molecule has 226 valence electrons. The highest BCUT2D eigenvalue weighted by atomic mass is 14.9. The van der Waals surface area contributed by atoms with Crippen molar-refractivity contribution in [2.24, 2.45) is 0 Å². The van der Waals surface area contributed by atoms with E-state index in [9.17, 15) is 0 Å². The minimum Gasteiger partial charge on any atom is -0.355 e. The second-order valence-electron chi connectivity index (χ2n) is 12.5. The third kappa shape index (κ3) is 4.40. The van der Waals surface area contributed by atoms with Gasteiger partial charge in [0.2, 0.25) is 0 Å². The van der Waals surface area contributed by atoms with Gasteiger partial charge in [-0.05, 0) is 79.0 Å². The van der Waals surface area contributed by atoms with Gasteiger partial charge in [-0.1, -0.05) is 176 Å². The van der Waals surface area contributed by atoms with Crippen LogP contribution >= 0.6 is 0 Å². The van der Waals surface area contributed by atoms with Crippen LogP contribution in [0.5, 0.6) is 0 Å². The van der Waals surface area contributed by atoms with Crippen molar-refractivity contribution in [3.8, 4) is 33.4 Å². The second kappa shape index (κ2) is 11.6. The van der Waals surface area contributed by atoms with Crippen LogP contribution in [0.4, 0.5) is 11.4 Å². The Morgan fingerprint density at radius 3 is 1.60 bits per heavy atom. The fraction of sp³-hybridized carbons (Fsp3) is 0.0213. The van der Waals surface area contributed by atoms with E-state index in [0.717, 1.165) is 11.4 Å². The van der Waals surface area contributed by atoms with Crippen LogP contribution in [0.15, 0.2) is 194 Å². The van der Waals surface area contributed by atoms with Crippen LogP contribution in [0.1, 0.15) is 22.3 Å². The van der Waals surface area contributed by atoms with E-state index in [1.54, 1.807) is 0 Å². The lowest BCUT2D eigenvalue weighted by Crippen LogP contribution is -2.28. The molecule has 0 saturated heterocycles. The topological polar surface area (TPSA) is 12.0 Å². The van der Waals surface area contributed by atoms with Gasteiger partial charge in [0, 0.05) is 16.9 Å². The number of nitrogens with one attached hydrogen (secondary N) is 1. The number of fused-ring (bicyclic) bond motifs is 4. The van der Waals surface area contributed by atoms with Crippen LogP contribution in [0.2, 0.25) is 0 Å². The molecule has 0 spiro atoms. The molecule has 8 aromatic carbocycles. The SMILES string of the molecule is c1ccc(-c2cccc3cccc(-c4ccccc4Nc4ccc5c(c4)-c4ccccc4C5(c4ccccc4)c4ccccc4)c23)cc1. The maximum absolute atomic E-state index is 3.86. The Morgan fingerprint density at radius 1 is 0.354 bits per heavy atom. The molecule has 0 aliphatic heterocycles. The van der Waals surface area contributed by atoms with E-state index in [2.05, 4.69) is 199 Å². The lowest BCUT2D eigenvalue weighted by molar-refractivity contribution is 0.768. The maximum atomic E-state index is 3.86. The molecule has 0 saturated carbocycles. The maximum Gasteiger partial charge on any atom is 0.0713 e. The Hall–Kier alpha value is -6.18. The molecule has 9 rings (SSSR count). The molecular formula is C47H33N. The molecule has 0 amide bonds. The summed E-state index contributed by atoms with van der Waals surface area (Å²) in [6, 6.07) is 70.4. The van der Waals surface area contributed by atoms with Gasteiger partial charge in [0.1, 0.15) is 0 Å². The highest BCUT2D eigenvalue weighted by Crippen LogP contribution is 2.56. The monoisotopic (exact) mass is 611 g/mol. The molecular weight excluding hydrogens is 579 g/mol. The van der Waals surface area contributed by atoms with Crippen molar-refractivity contribution in [2.45, 2.75) is 5.41 Å². The van der Waals surface area contributed by atoms with Crippen molar-refractivity contribution in [3.63, 3.8) is 0 Å². The molecule has 1 heteroatoms. The molecule has 0 radical (unpaired) electrons. The first-order valence-electron chi connectivity index (χ1n) is 16.6. The molecule has 0 fully saturated rings. The van der Waals surface area contributed by atoms with Crippen molar-refractivity contribution in [2.75, 3.05) is 5.32 Å². The lowest BCUT2D eigenvalue weighted by Gasteiger charge is -2.33. The quantitative estimate of drug-likeness (QED) is 0.197. The van der Waals surface area contributed by atoms with Gasteiger partial charge >= 0.3 is 0 Å². The summed E-state index contributed by atoms with van der Waals surface area (Å²) in [5, 5.41) is 6.36. The molecule has 1 aliphatic carbocycles. The number of hydrogen-bond acceptors (Lipinski definition) is 1. The van der Waals surface area contributed by atoms with Crippen LogP contribution in [-0.4, -0.2) is 0 Å². The Labute approximate surface area is 281 Å². The van der Waals surface area contributed by atoms with Gasteiger partial charge in [0.15, 0.2) is 0 Å². The fourth-order valence-corrected chi connectivity index (χ4v) is 7.93. The summed E-state index contributed by atoms with van der Waals surface area (Å²) in [5.41, 5.74) is 14.3. The van der Waals surface area contributed by atoms with E-state index in [0.29, 0.717) is 0 Å². The zero-order valence-electron chi connectivity index (χ0n) is 26.5. The number of hydrogen-bond donors (Lipinski definition) is 1. The van der Waals surface area contributed by atoms with E-state index in [-0.39, 0.29) is 0 Å². The summed E-state index contributed by atoms with van der Waals surface area (Å²) in [5.74, 6) is 0. The van der Waals surface area contributed by atoms with Gasteiger partial charge in [0.25, 0.3) is 0 Å². The number of para-hydroxylation sites is 1. The first-order valence-corrected chi connectivity index (χ1v) is 16.6. The van der Waals surface area contributed by atoms with Crippen molar-refractivity contribution in [3.05, 3.63) is 216 Å². The minimum atomic E-state index is -0.401. The predicted molar refractivity (Wildman–Crippen MR) is 202 cm³/mol. The Bertz CT molecular complexity index is 2360. The van der Waals surface area contributed by atoms with Crippen molar-refractivity contribution in [1.82, 2.24) is 0 Å². The summed E-state index contributed by atoms with van der Waals surface area (Å²) in [4.78, 5) is 0. The van der Waals surface area contributed by atoms with E-state index in [1.165, 1.54) is 66.4 Å². The normalized spacial score (nSPS) is 12.8. The molecule has 0 heterocycles. The third-order valence-electron chi connectivity index (χ3n) is 9.94. The number of anilines is 2. The molecule has 48 heavy (non-hydrogen) atoms. The molecule has 0 aromatic heterocycles. The zero-order chi connectivity index (χ0) is 31.9. The Kier molecular flexibility index (Phi) is 6.76. The van der Waals surface area contributed by atoms with Crippen molar-refractivity contribution in [1.29, 1.82) is 0 Å². The van der Waals surface area contributed by atoms with Crippen LogP contribution < -0.4 is 5.32 Å². The van der Waals surface area contributed by atoms with Gasteiger partial charge in [-0.15, -0.1) is 0 Å². The molecule has 0 atom stereocenters. The van der Waals surface area contributed by atoms with Gasteiger partial charge < -0.3 is 5.32 Å². The molecule has 8 aromatic rings.